The summed E-state index contributed by atoms with van der Waals surface area (Å²) in [5.41, 5.74) is 5.21. The van der Waals surface area contributed by atoms with E-state index in [1.165, 1.54) is 12.0 Å². The number of Topliss-reactive ketones (excluding diaryl/α,β-unsaturated/α-hetero) is 2. The van der Waals surface area contributed by atoms with E-state index in [9.17, 15) is 14.7 Å². The van der Waals surface area contributed by atoms with E-state index in [0.29, 0.717) is 33.7 Å². The monoisotopic (exact) mass is 765 g/mol. The van der Waals surface area contributed by atoms with Gasteiger partial charge in [-0.1, -0.05) is 73.4 Å². The Hall–Kier alpha value is -4.43. The first kappa shape index (κ1) is 39.3. The van der Waals surface area contributed by atoms with Gasteiger partial charge in [0, 0.05) is 43.6 Å². The van der Waals surface area contributed by atoms with E-state index in [4.69, 9.17) is 32.9 Å². The highest BCUT2D eigenvalue weighted by molar-refractivity contribution is 6.31. The van der Waals surface area contributed by atoms with Gasteiger partial charge in [-0.05, 0) is 131 Å². The number of ketones is 2. The number of nitrogens with zero attached hydrogens (tertiary/aromatic N) is 2. The molecular weight excluding hydrogens is 717 g/mol. The lowest BCUT2D eigenvalue weighted by molar-refractivity contribution is 0.0914. The molecule has 1 atom stereocenters. The molecule has 282 valence electrons. The molecule has 7 rings (SSSR count). The summed E-state index contributed by atoms with van der Waals surface area (Å²) >= 11 is 12.2. The Morgan fingerprint density at radius 2 is 1.46 bits per heavy atom. The van der Waals surface area contributed by atoms with Gasteiger partial charge in [-0.15, -0.1) is 0 Å². The molecule has 1 aromatic heterocycles. The number of pyridine rings is 1. The number of nitrogens with one attached hydrogen (secondary N) is 1. The number of hydrogen-bond donors (Lipinski definition) is 2. The molecule has 54 heavy (non-hydrogen) atoms. The zero-order chi connectivity index (χ0) is 38.4. The molecule has 0 radical (unpaired) electrons. The van der Waals surface area contributed by atoms with Crippen molar-refractivity contribution in [1.82, 2.24) is 9.88 Å². The van der Waals surface area contributed by atoms with Crippen molar-refractivity contribution < 1.29 is 19.4 Å². The summed E-state index contributed by atoms with van der Waals surface area (Å²) in [6, 6.07) is 26.9. The van der Waals surface area contributed by atoms with Gasteiger partial charge in [0.1, 0.15) is 5.75 Å². The zero-order valence-electron chi connectivity index (χ0n) is 31.5. The van der Waals surface area contributed by atoms with Gasteiger partial charge in [0.05, 0.1) is 23.8 Å². The van der Waals surface area contributed by atoms with Crippen LogP contribution in [-0.2, 0) is 0 Å². The van der Waals surface area contributed by atoms with E-state index < -0.39 is 5.78 Å². The number of benzene rings is 4. The first-order valence-electron chi connectivity index (χ1n) is 19.0. The molecule has 2 aliphatic rings. The molecule has 2 aliphatic carbocycles. The van der Waals surface area contributed by atoms with Crippen LogP contribution in [0.1, 0.15) is 91.5 Å². The van der Waals surface area contributed by atoms with Crippen molar-refractivity contribution in [3.63, 3.8) is 0 Å². The molecule has 0 aliphatic heterocycles. The van der Waals surface area contributed by atoms with Crippen LogP contribution < -0.4 is 10.1 Å². The number of halogens is 2. The summed E-state index contributed by atoms with van der Waals surface area (Å²) in [6.45, 7) is 10.0. The van der Waals surface area contributed by atoms with Crippen molar-refractivity contribution >= 4 is 62.3 Å². The third-order valence-corrected chi connectivity index (χ3v) is 11.4. The van der Waals surface area contributed by atoms with Gasteiger partial charge < -0.3 is 20.1 Å². The third-order valence-electron chi connectivity index (χ3n) is 10.9. The molecule has 4 aromatic carbocycles. The van der Waals surface area contributed by atoms with Gasteiger partial charge in [-0.3, -0.25) is 9.59 Å². The second kappa shape index (κ2) is 17.8. The summed E-state index contributed by atoms with van der Waals surface area (Å²) in [5, 5.41) is 17.7. The summed E-state index contributed by atoms with van der Waals surface area (Å²) in [7, 11) is 1.69. The van der Waals surface area contributed by atoms with Gasteiger partial charge in [0.15, 0.2) is 11.5 Å². The molecule has 1 heterocycles. The van der Waals surface area contributed by atoms with E-state index in [-0.39, 0.29) is 17.5 Å². The van der Waals surface area contributed by atoms with E-state index in [1.54, 1.807) is 31.4 Å². The highest BCUT2D eigenvalue weighted by Gasteiger charge is 2.37. The van der Waals surface area contributed by atoms with Crippen molar-refractivity contribution in [2.45, 2.75) is 71.3 Å². The molecule has 1 saturated carbocycles. The van der Waals surface area contributed by atoms with Crippen LogP contribution >= 0.6 is 23.2 Å². The smallest absolute Gasteiger partial charge is 0.228 e. The van der Waals surface area contributed by atoms with Crippen LogP contribution in [0.25, 0.3) is 21.8 Å². The number of anilines is 1. The maximum absolute atomic E-state index is 12.9. The summed E-state index contributed by atoms with van der Waals surface area (Å²) in [4.78, 5) is 32.6. The number of ether oxygens (including phenoxy) is 1. The third kappa shape index (κ3) is 8.75. The molecule has 0 bridgehead atoms. The Balaban J connectivity index is 0.000000185. The van der Waals surface area contributed by atoms with Crippen LogP contribution in [0.15, 0.2) is 96.3 Å². The Morgan fingerprint density at radius 1 is 0.815 bits per heavy atom. The maximum Gasteiger partial charge on any atom is 0.228 e. The van der Waals surface area contributed by atoms with Crippen LogP contribution in [0, 0.1) is 5.92 Å². The molecular formula is C45H49Cl2N3O4. The van der Waals surface area contributed by atoms with E-state index in [1.807, 2.05) is 36.4 Å². The number of aliphatic hydroxyl groups is 1. The summed E-state index contributed by atoms with van der Waals surface area (Å²) in [5.74, 6) is 0.197. The summed E-state index contributed by atoms with van der Waals surface area (Å²) in [6.07, 6.45) is 5.70. The van der Waals surface area contributed by atoms with Crippen molar-refractivity contribution in [3.8, 4) is 5.75 Å². The van der Waals surface area contributed by atoms with Gasteiger partial charge >= 0.3 is 0 Å². The molecule has 1 fully saturated rings. The fourth-order valence-electron chi connectivity index (χ4n) is 7.87. The SMILES string of the molecule is CCN(CC)CCCC(C)Nc1c2ccc(Cl)cc2nc2ccc(OC)cc12.O=C1C(O)=C([C@H]2CC[C@H](c3ccc(Cl)cc3)CC2)C(=O)c2ccccc21. The number of allylic oxidation sites excluding steroid dienone is 2. The number of carbonyl (C=O) groups excluding carboxylic acids is 2. The predicted octanol–water partition coefficient (Wildman–Crippen LogP) is 11.5. The van der Waals surface area contributed by atoms with Gasteiger partial charge in [0.25, 0.3) is 0 Å². The van der Waals surface area contributed by atoms with Crippen molar-refractivity contribution in [3.05, 3.63) is 123 Å². The van der Waals surface area contributed by atoms with Crippen molar-refractivity contribution in [2.75, 3.05) is 32.1 Å². The quantitative estimate of drug-likeness (QED) is 0.129. The standard InChI is InChI=1S/C23H30ClN3O.C22H19ClO3/c1-5-27(6-2)13-7-8-16(3)25-23-19-11-9-17(24)14-22(19)26-21-12-10-18(28-4)15-20(21)23;23-16-11-9-14(10-12-16)13-5-7-15(8-6-13)19-20(24)17-3-1-2-4-18(17)21(25)22(19)26/h9-12,14-16H,5-8,13H2,1-4H3,(H,25,26);1-4,9-13,15,26H,5-8H2/t;13-,15-. The average Bonchev–Trinajstić information content (AvgIpc) is 3.19. The highest BCUT2D eigenvalue weighted by atomic mass is 35.5. The lowest BCUT2D eigenvalue weighted by Crippen LogP contribution is -2.28. The number of aliphatic hydroxyl groups excluding tert-OH is 1. The number of methoxy groups -OCH3 is 1. The van der Waals surface area contributed by atoms with E-state index in [2.05, 4.69) is 55.3 Å². The summed E-state index contributed by atoms with van der Waals surface area (Å²) < 4.78 is 5.45. The van der Waals surface area contributed by atoms with Gasteiger partial charge in [-0.25, -0.2) is 4.98 Å². The Morgan fingerprint density at radius 3 is 2.13 bits per heavy atom. The Bertz CT molecular complexity index is 2150. The lowest BCUT2D eigenvalue weighted by Gasteiger charge is -2.31. The van der Waals surface area contributed by atoms with Crippen LogP contribution in [-0.4, -0.2) is 59.3 Å². The molecule has 5 aromatic rings. The lowest BCUT2D eigenvalue weighted by atomic mass is 9.72. The topological polar surface area (TPSA) is 91.8 Å². The molecule has 7 nitrogen and oxygen atoms in total. The van der Waals surface area contributed by atoms with Crippen LogP contribution in [0.2, 0.25) is 10.0 Å². The molecule has 0 saturated heterocycles. The normalized spacial score (nSPS) is 17.7. The molecule has 1 unspecified atom stereocenters. The molecule has 0 amide bonds. The van der Waals surface area contributed by atoms with Crippen LogP contribution in [0.5, 0.6) is 5.75 Å². The molecule has 2 N–H and O–H groups in total. The highest BCUT2D eigenvalue weighted by Crippen LogP contribution is 2.42. The Kier molecular flexibility index (Phi) is 12.9. The van der Waals surface area contributed by atoms with E-state index >= 15 is 0 Å². The average molecular weight is 767 g/mol. The number of hydrogen-bond acceptors (Lipinski definition) is 7. The van der Waals surface area contributed by atoms with Gasteiger partial charge in [0.2, 0.25) is 5.78 Å². The molecule has 0 spiro atoms. The number of aromatic nitrogens is 1. The van der Waals surface area contributed by atoms with E-state index in [0.717, 1.165) is 90.0 Å². The zero-order valence-corrected chi connectivity index (χ0v) is 33.0. The number of rotatable bonds is 11. The van der Waals surface area contributed by atoms with Crippen molar-refractivity contribution in [1.29, 1.82) is 0 Å². The maximum atomic E-state index is 12.9. The minimum Gasteiger partial charge on any atom is -0.504 e. The second-order valence-corrected chi connectivity index (χ2v) is 15.2. The van der Waals surface area contributed by atoms with Gasteiger partial charge in [-0.2, -0.15) is 0 Å². The number of fused-ring (bicyclic) bond motifs is 3. The van der Waals surface area contributed by atoms with Crippen LogP contribution in [0.4, 0.5) is 5.69 Å². The second-order valence-electron chi connectivity index (χ2n) is 14.3. The molecule has 9 heteroatoms. The number of carbonyl (C=O) groups is 2. The Labute approximate surface area is 328 Å². The minimum absolute atomic E-state index is 0.0663. The minimum atomic E-state index is -0.435. The fraction of sp³-hybridized carbons (Fsp3) is 0.356. The predicted molar refractivity (Wildman–Crippen MR) is 222 cm³/mol. The fourth-order valence-corrected chi connectivity index (χ4v) is 8.16. The van der Waals surface area contributed by atoms with Crippen molar-refractivity contribution in [2.24, 2.45) is 5.92 Å². The first-order valence-corrected chi connectivity index (χ1v) is 19.8. The van der Waals surface area contributed by atoms with Crippen LogP contribution in [0.3, 0.4) is 0 Å². The largest absolute Gasteiger partial charge is 0.504 e. The first-order chi connectivity index (χ1) is 26.1.